The number of nitrogens with zero attached hydrogens (tertiary/aromatic N) is 4. The lowest BCUT2D eigenvalue weighted by molar-refractivity contribution is -0.147. The van der Waals surface area contributed by atoms with Crippen molar-refractivity contribution < 1.29 is 23.2 Å². The van der Waals surface area contributed by atoms with Crippen LogP contribution in [0.1, 0.15) is 39.8 Å². The van der Waals surface area contributed by atoms with Gasteiger partial charge in [0.2, 0.25) is 11.7 Å². The standard InChI is InChI=1S/C27H22ClFN6O4/c1-14-32-24(35-39-14)23-20(7-18(28)8-21(23)29)16-2-4-19-15(6-16)3-5-22(19)33-26(37)27(11-38-12-27)34-25(36)17-9-30-13-31-10-17/h2,4,6-10,13,22H,3,5,11-12H2,1H3,(H,33,37)(H,34,36). The van der Waals surface area contributed by atoms with Crippen LogP contribution >= 0.6 is 11.6 Å². The normalized spacial score (nSPS) is 17.3. The highest BCUT2D eigenvalue weighted by Gasteiger charge is 2.48. The van der Waals surface area contributed by atoms with Crippen molar-refractivity contribution in [3.05, 3.63) is 82.5 Å². The summed E-state index contributed by atoms with van der Waals surface area (Å²) >= 11 is 6.20. The maximum atomic E-state index is 15.0. The monoisotopic (exact) mass is 548 g/mol. The summed E-state index contributed by atoms with van der Waals surface area (Å²) in [7, 11) is 0. The lowest BCUT2D eigenvalue weighted by Crippen LogP contribution is -2.70. The summed E-state index contributed by atoms with van der Waals surface area (Å²) in [4.78, 5) is 37.9. The topological polar surface area (TPSA) is 132 Å². The van der Waals surface area contributed by atoms with Crippen molar-refractivity contribution in [2.45, 2.75) is 31.3 Å². The zero-order valence-electron chi connectivity index (χ0n) is 20.7. The molecule has 3 heterocycles. The van der Waals surface area contributed by atoms with Crippen LogP contribution in [0.25, 0.3) is 22.5 Å². The van der Waals surface area contributed by atoms with Crippen LogP contribution in [0.2, 0.25) is 5.02 Å². The summed E-state index contributed by atoms with van der Waals surface area (Å²) in [5.74, 6) is -0.874. The highest BCUT2D eigenvalue weighted by atomic mass is 35.5. The molecule has 198 valence electrons. The third kappa shape index (κ3) is 4.64. The molecule has 1 unspecified atom stereocenters. The molecular formula is C27H22ClFN6O4. The Hall–Kier alpha value is -4.22. The van der Waals surface area contributed by atoms with Crippen molar-refractivity contribution in [1.29, 1.82) is 0 Å². The molecule has 2 aromatic heterocycles. The minimum Gasteiger partial charge on any atom is -0.375 e. The van der Waals surface area contributed by atoms with E-state index in [2.05, 4.69) is 30.7 Å². The van der Waals surface area contributed by atoms with E-state index in [9.17, 15) is 9.59 Å². The Labute approximate surface area is 227 Å². The Kier molecular flexibility index (Phi) is 6.32. The Morgan fingerprint density at radius 1 is 1.15 bits per heavy atom. The number of aryl methyl sites for hydroxylation is 2. The first-order chi connectivity index (χ1) is 18.8. The van der Waals surface area contributed by atoms with Gasteiger partial charge >= 0.3 is 0 Å². The molecular weight excluding hydrogens is 527 g/mol. The maximum Gasteiger partial charge on any atom is 0.255 e. The molecule has 0 saturated carbocycles. The molecule has 4 aromatic rings. The van der Waals surface area contributed by atoms with Crippen molar-refractivity contribution in [3.8, 4) is 22.5 Å². The van der Waals surface area contributed by atoms with Crippen LogP contribution < -0.4 is 10.6 Å². The SMILES string of the molecule is Cc1nc(-c2c(F)cc(Cl)cc2-c2ccc3c(c2)CCC3NC(=O)C2(NC(=O)c3cncnc3)COC2)no1. The van der Waals surface area contributed by atoms with E-state index in [0.717, 1.165) is 16.7 Å². The minimum atomic E-state index is -1.18. The first-order valence-electron chi connectivity index (χ1n) is 12.2. The van der Waals surface area contributed by atoms with E-state index >= 15 is 4.39 Å². The van der Waals surface area contributed by atoms with Gasteiger partial charge in [0, 0.05) is 24.3 Å². The van der Waals surface area contributed by atoms with Crippen LogP contribution in [0.15, 0.2) is 53.6 Å². The van der Waals surface area contributed by atoms with E-state index in [1.165, 1.54) is 24.8 Å². The molecule has 2 aromatic carbocycles. The Balaban J connectivity index is 1.24. The molecule has 12 heteroatoms. The van der Waals surface area contributed by atoms with Gasteiger partial charge < -0.3 is 19.9 Å². The predicted octanol–water partition coefficient (Wildman–Crippen LogP) is 3.60. The maximum absolute atomic E-state index is 15.0. The van der Waals surface area contributed by atoms with Crippen LogP contribution in [0.5, 0.6) is 0 Å². The molecule has 39 heavy (non-hydrogen) atoms. The van der Waals surface area contributed by atoms with Gasteiger partial charge in [-0.3, -0.25) is 9.59 Å². The third-order valence-corrected chi connectivity index (χ3v) is 7.17. The van der Waals surface area contributed by atoms with Gasteiger partial charge in [-0.1, -0.05) is 35.0 Å². The fourth-order valence-corrected chi connectivity index (χ4v) is 5.14. The van der Waals surface area contributed by atoms with Gasteiger partial charge in [0.1, 0.15) is 12.1 Å². The van der Waals surface area contributed by atoms with E-state index in [0.29, 0.717) is 24.3 Å². The number of halogens is 2. The summed E-state index contributed by atoms with van der Waals surface area (Å²) in [6.45, 7) is 1.76. The molecule has 10 nitrogen and oxygen atoms in total. The number of carbonyl (C=O) groups is 2. The highest BCUT2D eigenvalue weighted by Crippen LogP contribution is 2.39. The first-order valence-corrected chi connectivity index (χ1v) is 12.6. The number of nitrogens with one attached hydrogen (secondary N) is 2. The summed E-state index contributed by atoms with van der Waals surface area (Å²) in [6, 6.07) is 8.35. The second kappa shape index (κ2) is 9.83. The second-order valence-electron chi connectivity index (χ2n) is 9.58. The quantitative estimate of drug-likeness (QED) is 0.373. The summed E-state index contributed by atoms with van der Waals surface area (Å²) in [5.41, 5.74) is 2.51. The summed E-state index contributed by atoms with van der Waals surface area (Å²) < 4.78 is 25.4. The smallest absolute Gasteiger partial charge is 0.255 e. The van der Waals surface area contributed by atoms with Gasteiger partial charge in [-0.15, -0.1) is 0 Å². The Morgan fingerprint density at radius 3 is 2.64 bits per heavy atom. The molecule has 2 N–H and O–H groups in total. The lowest BCUT2D eigenvalue weighted by Gasteiger charge is -2.40. The molecule has 1 fully saturated rings. The number of carbonyl (C=O) groups excluding carboxylic acids is 2. The summed E-state index contributed by atoms with van der Waals surface area (Å²) in [6.07, 6.45) is 5.46. The number of rotatable bonds is 6. The van der Waals surface area contributed by atoms with Gasteiger partial charge in [0.05, 0.1) is 30.4 Å². The zero-order valence-corrected chi connectivity index (χ0v) is 21.5. The molecule has 2 amide bonds. The highest BCUT2D eigenvalue weighted by molar-refractivity contribution is 6.31. The molecule has 0 spiro atoms. The van der Waals surface area contributed by atoms with Crippen LogP contribution in [0.4, 0.5) is 4.39 Å². The molecule has 0 bridgehead atoms. The first kappa shape index (κ1) is 25.1. The second-order valence-corrected chi connectivity index (χ2v) is 10.0. The fraction of sp³-hybridized carbons (Fsp3) is 0.259. The average Bonchev–Trinajstić information content (AvgIpc) is 3.51. The number of fused-ring (bicyclic) bond motifs is 1. The number of hydrogen-bond donors (Lipinski definition) is 2. The largest absolute Gasteiger partial charge is 0.375 e. The van der Waals surface area contributed by atoms with Crippen molar-refractivity contribution in [2.75, 3.05) is 13.2 Å². The number of amides is 2. The van der Waals surface area contributed by atoms with Crippen molar-refractivity contribution in [1.82, 2.24) is 30.7 Å². The van der Waals surface area contributed by atoms with Crippen molar-refractivity contribution >= 4 is 23.4 Å². The third-order valence-electron chi connectivity index (χ3n) is 6.95. The predicted molar refractivity (Wildman–Crippen MR) is 137 cm³/mol. The molecule has 6 rings (SSSR count). The van der Waals surface area contributed by atoms with E-state index in [-0.39, 0.29) is 47.1 Å². The van der Waals surface area contributed by atoms with E-state index in [1.54, 1.807) is 13.0 Å². The zero-order chi connectivity index (χ0) is 27.1. The summed E-state index contributed by atoms with van der Waals surface area (Å²) in [5, 5.41) is 10.00. The van der Waals surface area contributed by atoms with Crippen LogP contribution in [-0.2, 0) is 16.0 Å². The van der Waals surface area contributed by atoms with Crippen LogP contribution in [0.3, 0.4) is 0 Å². The Morgan fingerprint density at radius 2 is 1.95 bits per heavy atom. The number of ether oxygens (including phenoxy) is 1. The van der Waals surface area contributed by atoms with Gasteiger partial charge in [-0.2, -0.15) is 4.98 Å². The van der Waals surface area contributed by atoms with Gasteiger partial charge in [-0.25, -0.2) is 14.4 Å². The van der Waals surface area contributed by atoms with Gasteiger partial charge in [0.25, 0.3) is 11.8 Å². The molecule has 1 atom stereocenters. The van der Waals surface area contributed by atoms with Gasteiger partial charge in [0.15, 0.2) is 5.54 Å². The number of benzene rings is 2. The van der Waals surface area contributed by atoms with E-state index in [1.807, 2.05) is 18.2 Å². The number of hydrogen-bond acceptors (Lipinski definition) is 8. The van der Waals surface area contributed by atoms with Crippen LogP contribution in [0, 0.1) is 12.7 Å². The molecule has 2 aliphatic rings. The Bertz CT molecular complexity index is 1590. The van der Waals surface area contributed by atoms with E-state index < -0.39 is 17.3 Å². The average molecular weight is 549 g/mol. The minimum absolute atomic E-state index is 0.0649. The van der Waals surface area contributed by atoms with Gasteiger partial charge in [-0.05, 0) is 47.2 Å². The molecule has 1 aliphatic carbocycles. The fourth-order valence-electron chi connectivity index (χ4n) is 4.93. The molecule has 1 aliphatic heterocycles. The molecule has 0 radical (unpaired) electrons. The number of aromatic nitrogens is 4. The molecule has 1 saturated heterocycles. The van der Waals surface area contributed by atoms with E-state index in [4.69, 9.17) is 20.9 Å². The van der Waals surface area contributed by atoms with Crippen molar-refractivity contribution in [2.24, 2.45) is 0 Å². The van der Waals surface area contributed by atoms with Crippen molar-refractivity contribution in [3.63, 3.8) is 0 Å². The van der Waals surface area contributed by atoms with Crippen LogP contribution in [-0.4, -0.2) is 50.7 Å². The lowest BCUT2D eigenvalue weighted by atomic mass is 9.93.